The van der Waals surface area contributed by atoms with Gasteiger partial charge >= 0.3 is 5.97 Å². The summed E-state index contributed by atoms with van der Waals surface area (Å²) < 4.78 is 13.3. The number of aromatic carboxylic acids is 1. The van der Waals surface area contributed by atoms with Crippen LogP contribution < -0.4 is 11.1 Å². The summed E-state index contributed by atoms with van der Waals surface area (Å²) in [5.41, 5.74) is 4.51. The first kappa shape index (κ1) is 12.6. The van der Waals surface area contributed by atoms with Gasteiger partial charge in [-0.2, -0.15) is 0 Å². The van der Waals surface area contributed by atoms with Gasteiger partial charge in [-0.05, 0) is 31.4 Å². The third-order valence-corrected chi connectivity index (χ3v) is 3.42. The van der Waals surface area contributed by atoms with Gasteiger partial charge in [-0.3, -0.25) is 0 Å². The van der Waals surface area contributed by atoms with Crippen molar-refractivity contribution < 1.29 is 19.4 Å². The number of rotatable bonds is 4. The fourth-order valence-electron chi connectivity index (χ4n) is 2.14. The summed E-state index contributed by atoms with van der Waals surface area (Å²) in [6.07, 6.45) is 2.46. The average Bonchev–Trinajstić information content (AvgIpc) is 2.27. The fourth-order valence-corrected chi connectivity index (χ4v) is 2.14. The lowest BCUT2D eigenvalue weighted by atomic mass is 9.77. The van der Waals surface area contributed by atoms with Crippen molar-refractivity contribution in [3.05, 3.63) is 23.5 Å². The smallest absolute Gasteiger partial charge is 0.340 e. The van der Waals surface area contributed by atoms with E-state index in [4.69, 9.17) is 10.8 Å². The highest BCUT2D eigenvalue weighted by Crippen LogP contribution is 2.37. The Balaban J connectivity index is 2.38. The predicted octanol–water partition coefficient (Wildman–Crippen LogP) is 1.43. The maximum absolute atomic E-state index is 13.3. The van der Waals surface area contributed by atoms with Gasteiger partial charge in [-0.15, -0.1) is 0 Å². The number of benzene rings is 1. The SMILES string of the molecule is Nc1c(F)ccc(NC2(CO)CCC2)c1C(=O)O. The Morgan fingerprint density at radius 1 is 1.50 bits per heavy atom. The summed E-state index contributed by atoms with van der Waals surface area (Å²) in [6.45, 7) is -0.0939. The van der Waals surface area contributed by atoms with E-state index in [-0.39, 0.29) is 23.5 Å². The number of anilines is 2. The molecule has 5 nitrogen and oxygen atoms in total. The summed E-state index contributed by atoms with van der Waals surface area (Å²) in [5.74, 6) is -2.05. The third-order valence-electron chi connectivity index (χ3n) is 3.42. The van der Waals surface area contributed by atoms with Gasteiger partial charge in [-0.1, -0.05) is 0 Å². The maximum Gasteiger partial charge on any atom is 0.340 e. The van der Waals surface area contributed by atoms with Crippen LogP contribution in [0, 0.1) is 5.82 Å². The molecule has 6 heteroatoms. The Morgan fingerprint density at radius 3 is 2.61 bits per heavy atom. The van der Waals surface area contributed by atoms with Crippen LogP contribution in [0.5, 0.6) is 0 Å². The normalized spacial score (nSPS) is 17.0. The second kappa shape index (κ2) is 4.45. The van der Waals surface area contributed by atoms with Gasteiger partial charge in [-0.25, -0.2) is 9.18 Å². The Labute approximate surface area is 103 Å². The molecule has 0 saturated heterocycles. The molecule has 1 aromatic carbocycles. The number of nitrogens with two attached hydrogens (primary N) is 1. The molecule has 1 aromatic rings. The standard InChI is InChI=1S/C12H15FN2O3/c13-7-2-3-8(9(10(7)14)11(17)18)15-12(6-16)4-1-5-12/h2-3,15-16H,1,4-6,14H2,(H,17,18). The first-order valence-electron chi connectivity index (χ1n) is 5.69. The van der Waals surface area contributed by atoms with E-state index in [1.54, 1.807) is 0 Å². The molecule has 0 amide bonds. The zero-order valence-corrected chi connectivity index (χ0v) is 9.74. The van der Waals surface area contributed by atoms with Crippen LogP contribution in [-0.2, 0) is 0 Å². The minimum Gasteiger partial charge on any atom is -0.478 e. The number of hydrogen-bond acceptors (Lipinski definition) is 4. The van der Waals surface area contributed by atoms with Crippen LogP contribution in [0.1, 0.15) is 29.6 Å². The quantitative estimate of drug-likeness (QED) is 0.610. The van der Waals surface area contributed by atoms with Crippen LogP contribution in [-0.4, -0.2) is 28.3 Å². The molecule has 2 rings (SSSR count). The molecule has 0 aromatic heterocycles. The number of aliphatic hydroxyl groups excluding tert-OH is 1. The third kappa shape index (κ3) is 1.99. The van der Waals surface area contributed by atoms with Crippen molar-refractivity contribution in [3.63, 3.8) is 0 Å². The molecule has 0 unspecified atom stereocenters. The lowest BCUT2D eigenvalue weighted by Gasteiger charge is -2.42. The van der Waals surface area contributed by atoms with Crippen LogP contribution in [0.4, 0.5) is 15.8 Å². The molecule has 0 heterocycles. The van der Waals surface area contributed by atoms with Gasteiger partial charge in [0.25, 0.3) is 0 Å². The maximum atomic E-state index is 13.3. The average molecular weight is 254 g/mol. The van der Waals surface area contributed by atoms with Gasteiger partial charge in [0.1, 0.15) is 11.4 Å². The Kier molecular flexibility index (Phi) is 3.13. The van der Waals surface area contributed by atoms with E-state index in [1.165, 1.54) is 6.07 Å². The number of nitrogens with one attached hydrogen (secondary N) is 1. The number of carbonyl (C=O) groups is 1. The molecule has 98 valence electrons. The zero-order chi connectivity index (χ0) is 13.3. The Hall–Kier alpha value is -1.82. The molecular formula is C12H15FN2O3. The van der Waals surface area contributed by atoms with Crippen molar-refractivity contribution in [3.8, 4) is 0 Å². The van der Waals surface area contributed by atoms with E-state index >= 15 is 0 Å². The van der Waals surface area contributed by atoms with Gasteiger partial charge in [0, 0.05) is 0 Å². The number of nitrogen functional groups attached to an aromatic ring is 1. The second-order valence-electron chi connectivity index (χ2n) is 4.61. The molecule has 1 fully saturated rings. The fraction of sp³-hybridized carbons (Fsp3) is 0.417. The number of carboxylic acids is 1. The summed E-state index contributed by atoms with van der Waals surface area (Å²) in [7, 11) is 0. The van der Waals surface area contributed by atoms with Crippen molar-refractivity contribution >= 4 is 17.3 Å². The van der Waals surface area contributed by atoms with Gasteiger partial charge in [0.15, 0.2) is 0 Å². The topological polar surface area (TPSA) is 95.6 Å². The Bertz CT molecular complexity index is 481. The van der Waals surface area contributed by atoms with Crippen LogP contribution in [0.25, 0.3) is 0 Å². The van der Waals surface area contributed by atoms with Gasteiger partial charge in [0.05, 0.1) is 23.5 Å². The van der Waals surface area contributed by atoms with E-state index in [0.29, 0.717) is 0 Å². The van der Waals surface area contributed by atoms with Crippen LogP contribution in [0.2, 0.25) is 0 Å². The van der Waals surface area contributed by atoms with Gasteiger partial charge < -0.3 is 21.3 Å². The van der Waals surface area contributed by atoms with E-state index in [1.807, 2.05) is 0 Å². The molecule has 5 N–H and O–H groups in total. The van der Waals surface area contributed by atoms with Crippen LogP contribution >= 0.6 is 0 Å². The van der Waals surface area contributed by atoms with Gasteiger partial charge in [0.2, 0.25) is 0 Å². The molecule has 0 radical (unpaired) electrons. The molecule has 18 heavy (non-hydrogen) atoms. The van der Waals surface area contributed by atoms with E-state index in [0.717, 1.165) is 25.3 Å². The highest BCUT2D eigenvalue weighted by molar-refractivity contribution is 6.00. The first-order valence-corrected chi connectivity index (χ1v) is 5.69. The van der Waals surface area contributed by atoms with Crippen molar-refractivity contribution in [2.45, 2.75) is 24.8 Å². The summed E-state index contributed by atoms with van der Waals surface area (Å²) in [5, 5.41) is 21.4. The number of carboxylic acid groups (broad SMARTS) is 1. The van der Waals surface area contributed by atoms with Crippen LogP contribution in [0.3, 0.4) is 0 Å². The first-order chi connectivity index (χ1) is 8.49. The largest absolute Gasteiger partial charge is 0.478 e. The molecule has 0 bridgehead atoms. The lowest BCUT2D eigenvalue weighted by Crippen LogP contribution is -2.48. The van der Waals surface area contributed by atoms with Crippen molar-refractivity contribution in [2.24, 2.45) is 0 Å². The molecule has 0 atom stereocenters. The summed E-state index contributed by atoms with van der Waals surface area (Å²) >= 11 is 0. The summed E-state index contributed by atoms with van der Waals surface area (Å²) in [4.78, 5) is 11.1. The van der Waals surface area contributed by atoms with E-state index in [9.17, 15) is 14.3 Å². The van der Waals surface area contributed by atoms with Crippen molar-refractivity contribution in [1.29, 1.82) is 0 Å². The molecule has 0 spiro atoms. The minimum absolute atomic E-state index is 0.0939. The highest BCUT2D eigenvalue weighted by Gasteiger charge is 2.37. The monoisotopic (exact) mass is 254 g/mol. The number of halogens is 1. The Morgan fingerprint density at radius 2 is 2.17 bits per heavy atom. The minimum atomic E-state index is -1.29. The molecule has 1 saturated carbocycles. The number of aliphatic hydroxyl groups is 1. The summed E-state index contributed by atoms with van der Waals surface area (Å²) in [6, 6.07) is 2.46. The second-order valence-corrected chi connectivity index (χ2v) is 4.61. The molecule has 1 aliphatic rings. The van der Waals surface area contributed by atoms with E-state index < -0.39 is 17.3 Å². The molecule has 0 aliphatic heterocycles. The number of hydrogen-bond donors (Lipinski definition) is 4. The highest BCUT2D eigenvalue weighted by atomic mass is 19.1. The van der Waals surface area contributed by atoms with Crippen molar-refractivity contribution in [2.75, 3.05) is 17.7 Å². The predicted molar refractivity (Wildman–Crippen MR) is 65.1 cm³/mol. The molecular weight excluding hydrogens is 239 g/mol. The van der Waals surface area contributed by atoms with Crippen molar-refractivity contribution in [1.82, 2.24) is 0 Å². The van der Waals surface area contributed by atoms with Crippen LogP contribution in [0.15, 0.2) is 12.1 Å². The molecule has 1 aliphatic carbocycles. The lowest BCUT2D eigenvalue weighted by molar-refractivity contribution is 0.0698. The van der Waals surface area contributed by atoms with E-state index in [2.05, 4.69) is 5.32 Å². The zero-order valence-electron chi connectivity index (χ0n) is 9.74.